The Hall–Kier alpha value is -2.42. The van der Waals surface area contributed by atoms with E-state index < -0.39 is 4.92 Å². The molecular weight excluding hydrogens is 354 g/mol. The first-order valence-electron chi connectivity index (χ1n) is 8.36. The molecule has 0 bridgehead atoms. The van der Waals surface area contributed by atoms with Crippen molar-refractivity contribution in [3.63, 3.8) is 0 Å². The lowest BCUT2D eigenvalue weighted by molar-refractivity contribution is -0.384. The van der Waals surface area contributed by atoms with Gasteiger partial charge < -0.3 is 9.88 Å². The first kappa shape index (κ1) is 19.9. The Morgan fingerprint density at radius 3 is 2.62 bits per heavy atom. The molecule has 140 valence electrons. The van der Waals surface area contributed by atoms with Crippen LogP contribution in [0.25, 0.3) is 0 Å². The van der Waals surface area contributed by atoms with Crippen molar-refractivity contribution in [3.05, 3.63) is 39.2 Å². The Morgan fingerprint density at radius 1 is 1.35 bits per heavy atom. The fourth-order valence-corrected chi connectivity index (χ4v) is 3.50. The second-order valence-corrected chi connectivity index (χ2v) is 7.25. The van der Waals surface area contributed by atoms with Crippen molar-refractivity contribution >= 4 is 29.0 Å². The van der Waals surface area contributed by atoms with Gasteiger partial charge in [0, 0.05) is 18.5 Å². The van der Waals surface area contributed by atoms with Crippen LogP contribution in [0, 0.1) is 24.0 Å². The number of hydrogen-bond acceptors (Lipinski definition) is 6. The van der Waals surface area contributed by atoms with Crippen molar-refractivity contribution in [3.8, 4) is 0 Å². The molecule has 0 aliphatic rings. The van der Waals surface area contributed by atoms with Gasteiger partial charge in [-0.1, -0.05) is 31.7 Å². The highest BCUT2D eigenvalue weighted by molar-refractivity contribution is 7.99. The molecule has 1 N–H and O–H groups in total. The third-order valence-corrected chi connectivity index (χ3v) is 4.80. The highest BCUT2D eigenvalue weighted by Crippen LogP contribution is 2.30. The van der Waals surface area contributed by atoms with Gasteiger partial charge in [0.2, 0.25) is 5.91 Å². The number of rotatable bonds is 7. The van der Waals surface area contributed by atoms with E-state index in [9.17, 15) is 14.9 Å². The summed E-state index contributed by atoms with van der Waals surface area (Å²) in [6.45, 7) is 10.3. The van der Waals surface area contributed by atoms with E-state index in [1.165, 1.54) is 17.8 Å². The van der Waals surface area contributed by atoms with Crippen molar-refractivity contribution in [2.24, 2.45) is 0 Å². The summed E-state index contributed by atoms with van der Waals surface area (Å²) in [6, 6.07) is 3.26. The van der Waals surface area contributed by atoms with Crippen LogP contribution in [0.5, 0.6) is 0 Å². The van der Waals surface area contributed by atoms with Gasteiger partial charge in [0.1, 0.15) is 11.5 Å². The fourth-order valence-electron chi connectivity index (χ4n) is 2.69. The number of anilines is 1. The molecule has 0 atom stereocenters. The van der Waals surface area contributed by atoms with Gasteiger partial charge in [-0.2, -0.15) is 0 Å². The highest BCUT2D eigenvalue weighted by atomic mass is 32.2. The van der Waals surface area contributed by atoms with Gasteiger partial charge in [-0.3, -0.25) is 14.9 Å². The Balaban J connectivity index is 2.13. The van der Waals surface area contributed by atoms with Crippen molar-refractivity contribution in [1.29, 1.82) is 0 Å². The van der Waals surface area contributed by atoms with Gasteiger partial charge in [0.05, 0.1) is 10.7 Å². The normalized spacial score (nSPS) is 11.0. The zero-order valence-corrected chi connectivity index (χ0v) is 16.4. The number of nitro groups is 1. The number of aryl methyl sites for hydroxylation is 2. The third-order valence-electron chi connectivity index (χ3n) is 3.83. The second-order valence-electron chi connectivity index (χ2n) is 6.31. The Kier molecular flexibility index (Phi) is 6.36. The average Bonchev–Trinajstić information content (AvgIpc) is 2.98. The number of nitro benzene ring substituents is 1. The zero-order valence-electron chi connectivity index (χ0n) is 15.6. The van der Waals surface area contributed by atoms with Crippen LogP contribution >= 0.6 is 11.8 Å². The average molecular weight is 377 g/mol. The molecule has 9 heteroatoms. The first-order chi connectivity index (χ1) is 12.2. The summed E-state index contributed by atoms with van der Waals surface area (Å²) in [5, 5.41) is 22.9. The van der Waals surface area contributed by atoms with Gasteiger partial charge in [-0.05, 0) is 31.9 Å². The van der Waals surface area contributed by atoms with Gasteiger partial charge in [-0.15, -0.1) is 10.2 Å². The summed E-state index contributed by atoms with van der Waals surface area (Å²) >= 11 is 1.27. The SMILES string of the molecule is CCn1c(SCC(=O)Nc2c(C)cc(C)cc2[N+](=O)[O-])nnc1C(C)C. The Bertz CT molecular complexity index is 832. The number of hydrogen-bond donors (Lipinski definition) is 1. The van der Waals surface area contributed by atoms with Gasteiger partial charge >= 0.3 is 0 Å². The van der Waals surface area contributed by atoms with E-state index >= 15 is 0 Å². The molecule has 0 saturated carbocycles. The summed E-state index contributed by atoms with van der Waals surface area (Å²) in [7, 11) is 0. The van der Waals surface area contributed by atoms with Crippen LogP contribution in [0.3, 0.4) is 0 Å². The monoisotopic (exact) mass is 377 g/mol. The van der Waals surface area contributed by atoms with E-state index in [2.05, 4.69) is 15.5 Å². The summed E-state index contributed by atoms with van der Waals surface area (Å²) in [4.78, 5) is 23.1. The maximum Gasteiger partial charge on any atom is 0.293 e. The number of aromatic nitrogens is 3. The lowest BCUT2D eigenvalue weighted by atomic mass is 10.1. The number of amides is 1. The van der Waals surface area contributed by atoms with Crippen LogP contribution in [0.15, 0.2) is 17.3 Å². The summed E-state index contributed by atoms with van der Waals surface area (Å²) in [5.41, 5.74) is 1.58. The number of thioether (sulfide) groups is 1. The maximum atomic E-state index is 12.3. The van der Waals surface area contributed by atoms with Crippen LogP contribution in [-0.2, 0) is 11.3 Å². The van der Waals surface area contributed by atoms with Gasteiger partial charge in [0.15, 0.2) is 5.16 Å². The molecule has 1 amide bonds. The van der Waals surface area contributed by atoms with Crippen LogP contribution in [0.2, 0.25) is 0 Å². The molecule has 2 aromatic rings. The van der Waals surface area contributed by atoms with E-state index in [4.69, 9.17) is 0 Å². The lowest BCUT2D eigenvalue weighted by Crippen LogP contribution is -2.17. The van der Waals surface area contributed by atoms with Gasteiger partial charge in [0.25, 0.3) is 5.69 Å². The van der Waals surface area contributed by atoms with Crippen LogP contribution in [-0.4, -0.2) is 31.3 Å². The number of benzene rings is 1. The molecule has 0 aliphatic carbocycles. The van der Waals surface area contributed by atoms with Gasteiger partial charge in [-0.25, -0.2) is 0 Å². The van der Waals surface area contributed by atoms with Crippen LogP contribution < -0.4 is 5.32 Å². The minimum Gasteiger partial charge on any atom is -0.319 e. The third kappa shape index (κ3) is 4.40. The molecule has 0 aliphatic heterocycles. The maximum absolute atomic E-state index is 12.3. The van der Waals surface area contributed by atoms with Crippen molar-refractivity contribution in [2.75, 3.05) is 11.1 Å². The zero-order chi connectivity index (χ0) is 19.4. The molecule has 8 nitrogen and oxygen atoms in total. The number of carbonyl (C=O) groups excluding carboxylic acids is 1. The van der Waals surface area contributed by atoms with Crippen LogP contribution in [0.1, 0.15) is 43.6 Å². The minimum atomic E-state index is -0.481. The first-order valence-corrected chi connectivity index (χ1v) is 9.34. The summed E-state index contributed by atoms with van der Waals surface area (Å²) in [5.74, 6) is 0.895. The van der Waals surface area contributed by atoms with Crippen molar-refractivity contribution < 1.29 is 9.72 Å². The highest BCUT2D eigenvalue weighted by Gasteiger charge is 2.20. The molecule has 1 aromatic carbocycles. The van der Waals surface area contributed by atoms with Crippen LogP contribution in [0.4, 0.5) is 11.4 Å². The second kappa shape index (κ2) is 8.31. The van der Waals surface area contributed by atoms with Crippen molar-refractivity contribution in [1.82, 2.24) is 14.8 Å². The van der Waals surface area contributed by atoms with E-state index in [1.807, 2.05) is 25.3 Å². The fraction of sp³-hybridized carbons (Fsp3) is 0.471. The molecule has 0 unspecified atom stereocenters. The number of nitrogens with zero attached hydrogens (tertiary/aromatic N) is 4. The minimum absolute atomic E-state index is 0.0975. The molecule has 26 heavy (non-hydrogen) atoms. The van der Waals surface area contributed by atoms with Crippen molar-refractivity contribution in [2.45, 2.75) is 52.2 Å². The summed E-state index contributed by atoms with van der Waals surface area (Å²) < 4.78 is 1.97. The molecule has 0 saturated heterocycles. The standard InChI is InChI=1S/C17H23N5O3S/c1-6-21-16(10(2)3)19-20-17(21)26-9-14(23)18-15-12(5)7-11(4)8-13(15)22(24)25/h7-8,10H,6,9H2,1-5H3,(H,18,23). The van der Waals surface area contributed by atoms with E-state index in [0.29, 0.717) is 17.3 Å². The smallest absolute Gasteiger partial charge is 0.293 e. The number of nitrogens with one attached hydrogen (secondary N) is 1. The van der Waals surface area contributed by atoms with E-state index in [1.54, 1.807) is 19.9 Å². The van der Waals surface area contributed by atoms with E-state index in [0.717, 1.165) is 11.4 Å². The molecule has 1 heterocycles. The topological polar surface area (TPSA) is 103 Å². The molecular formula is C17H23N5O3S. The quantitative estimate of drug-likeness (QED) is 0.448. The molecule has 0 radical (unpaired) electrons. The molecule has 2 rings (SSSR count). The predicted octanol–water partition coefficient (Wildman–Crippen LogP) is 3.68. The Morgan fingerprint density at radius 2 is 2.04 bits per heavy atom. The van der Waals surface area contributed by atoms with E-state index in [-0.39, 0.29) is 29.0 Å². The lowest BCUT2D eigenvalue weighted by Gasteiger charge is -2.11. The number of carbonyl (C=O) groups is 1. The molecule has 0 spiro atoms. The summed E-state index contributed by atoms with van der Waals surface area (Å²) in [6.07, 6.45) is 0. The largest absolute Gasteiger partial charge is 0.319 e. The molecule has 0 fully saturated rings. The predicted molar refractivity (Wildman–Crippen MR) is 102 cm³/mol. The molecule has 1 aromatic heterocycles. The Labute approximate surface area is 156 Å².